The zero-order chi connectivity index (χ0) is 14.8. The second kappa shape index (κ2) is 10.6. The summed E-state index contributed by atoms with van der Waals surface area (Å²) in [4.78, 5) is 2.70. The predicted molar refractivity (Wildman–Crippen MR) is 90.2 cm³/mol. The van der Waals surface area contributed by atoms with Gasteiger partial charge in [0.15, 0.2) is 0 Å². The van der Waals surface area contributed by atoms with Gasteiger partial charge in [0.2, 0.25) is 0 Å². The molecule has 0 aromatic heterocycles. The molecule has 0 bridgehead atoms. The Balaban J connectivity index is 2.52. The monoisotopic (exact) mass is 282 g/mol. The molecule has 1 saturated carbocycles. The fourth-order valence-corrected chi connectivity index (χ4v) is 3.44. The molecule has 0 amide bonds. The maximum absolute atomic E-state index is 3.83. The Morgan fingerprint density at radius 3 is 2.50 bits per heavy atom. The van der Waals surface area contributed by atoms with E-state index in [0.717, 1.165) is 17.9 Å². The summed E-state index contributed by atoms with van der Waals surface area (Å²) >= 11 is 0. The van der Waals surface area contributed by atoms with E-state index >= 15 is 0 Å². The van der Waals surface area contributed by atoms with Crippen LogP contribution in [0.5, 0.6) is 0 Å². The highest BCUT2D eigenvalue weighted by molar-refractivity contribution is 4.82. The molecule has 0 radical (unpaired) electrons. The molecular formula is C18H38N2. The molecular weight excluding hydrogens is 244 g/mol. The van der Waals surface area contributed by atoms with Crippen LogP contribution in [-0.2, 0) is 0 Å². The Labute approximate surface area is 127 Å². The average molecular weight is 283 g/mol. The van der Waals surface area contributed by atoms with Crippen molar-refractivity contribution in [3.63, 3.8) is 0 Å². The highest BCUT2D eigenvalue weighted by Gasteiger charge is 2.25. The van der Waals surface area contributed by atoms with Crippen molar-refractivity contribution < 1.29 is 0 Å². The minimum atomic E-state index is 0.767. The van der Waals surface area contributed by atoms with E-state index in [9.17, 15) is 0 Å². The van der Waals surface area contributed by atoms with E-state index in [-0.39, 0.29) is 0 Å². The molecule has 0 saturated heterocycles. The van der Waals surface area contributed by atoms with Gasteiger partial charge in [-0.15, -0.1) is 0 Å². The Morgan fingerprint density at radius 2 is 1.85 bits per heavy atom. The van der Waals surface area contributed by atoms with Gasteiger partial charge in [-0.25, -0.2) is 0 Å². The van der Waals surface area contributed by atoms with Crippen LogP contribution in [0.2, 0.25) is 0 Å². The molecule has 3 unspecified atom stereocenters. The van der Waals surface area contributed by atoms with E-state index in [1.54, 1.807) is 0 Å². The Hall–Kier alpha value is -0.0800. The van der Waals surface area contributed by atoms with Gasteiger partial charge < -0.3 is 10.2 Å². The van der Waals surface area contributed by atoms with Crippen molar-refractivity contribution in [1.82, 2.24) is 10.2 Å². The van der Waals surface area contributed by atoms with Crippen LogP contribution >= 0.6 is 0 Å². The zero-order valence-corrected chi connectivity index (χ0v) is 14.5. The minimum Gasteiger partial charge on any atom is -0.314 e. The molecule has 0 aromatic carbocycles. The quantitative estimate of drug-likeness (QED) is 0.634. The van der Waals surface area contributed by atoms with E-state index < -0.39 is 0 Å². The third-order valence-corrected chi connectivity index (χ3v) is 5.02. The number of rotatable bonds is 9. The Morgan fingerprint density at radius 1 is 1.10 bits per heavy atom. The summed E-state index contributed by atoms with van der Waals surface area (Å²) < 4.78 is 0. The van der Waals surface area contributed by atoms with E-state index in [1.165, 1.54) is 71.1 Å². The fraction of sp³-hybridized carbons (Fsp3) is 1.00. The van der Waals surface area contributed by atoms with Gasteiger partial charge in [0, 0.05) is 19.1 Å². The summed E-state index contributed by atoms with van der Waals surface area (Å²) in [5.41, 5.74) is 0. The number of nitrogens with zero attached hydrogens (tertiary/aromatic N) is 1. The molecule has 1 fully saturated rings. The standard InChI is InChI=1S/C18H38N2/c1-5-13-19-18-12-10-8-9-11-17(18)15-20(7-3)14-16(4)6-2/h16-19H,5-15H2,1-4H3. The van der Waals surface area contributed by atoms with Crippen LogP contribution in [0.15, 0.2) is 0 Å². The maximum atomic E-state index is 3.83. The normalized spacial score (nSPS) is 25.6. The van der Waals surface area contributed by atoms with E-state index in [4.69, 9.17) is 0 Å². The van der Waals surface area contributed by atoms with E-state index in [0.29, 0.717) is 0 Å². The first-order chi connectivity index (χ1) is 9.71. The molecule has 1 aliphatic carbocycles. The molecule has 2 nitrogen and oxygen atoms in total. The highest BCUT2D eigenvalue weighted by atomic mass is 15.1. The van der Waals surface area contributed by atoms with Crippen molar-refractivity contribution in [3.05, 3.63) is 0 Å². The molecule has 0 aliphatic heterocycles. The molecule has 2 heteroatoms. The summed E-state index contributed by atoms with van der Waals surface area (Å²) in [6, 6.07) is 0.767. The molecule has 20 heavy (non-hydrogen) atoms. The summed E-state index contributed by atoms with van der Waals surface area (Å²) in [6.45, 7) is 14.3. The van der Waals surface area contributed by atoms with Gasteiger partial charge in [0.1, 0.15) is 0 Å². The van der Waals surface area contributed by atoms with Crippen molar-refractivity contribution in [3.8, 4) is 0 Å². The lowest BCUT2D eigenvalue weighted by molar-refractivity contribution is 0.180. The van der Waals surface area contributed by atoms with Gasteiger partial charge in [-0.3, -0.25) is 0 Å². The largest absolute Gasteiger partial charge is 0.314 e. The highest BCUT2D eigenvalue weighted by Crippen LogP contribution is 2.25. The van der Waals surface area contributed by atoms with Gasteiger partial charge in [-0.2, -0.15) is 0 Å². The van der Waals surface area contributed by atoms with Crippen LogP contribution in [0.25, 0.3) is 0 Å². The van der Waals surface area contributed by atoms with Gasteiger partial charge >= 0.3 is 0 Å². The number of nitrogens with one attached hydrogen (secondary N) is 1. The van der Waals surface area contributed by atoms with Crippen molar-refractivity contribution in [2.24, 2.45) is 11.8 Å². The van der Waals surface area contributed by atoms with Crippen molar-refractivity contribution in [2.45, 2.75) is 78.7 Å². The van der Waals surface area contributed by atoms with Gasteiger partial charge in [-0.1, -0.05) is 53.4 Å². The van der Waals surface area contributed by atoms with Gasteiger partial charge in [0.25, 0.3) is 0 Å². The SMILES string of the molecule is CCCNC1CCCCCC1CN(CC)CC(C)CC. The summed E-state index contributed by atoms with van der Waals surface area (Å²) in [5, 5.41) is 3.83. The van der Waals surface area contributed by atoms with Crippen molar-refractivity contribution >= 4 is 0 Å². The van der Waals surface area contributed by atoms with Crippen LogP contribution in [0.1, 0.15) is 72.6 Å². The summed E-state index contributed by atoms with van der Waals surface area (Å²) in [7, 11) is 0. The van der Waals surface area contributed by atoms with Crippen molar-refractivity contribution in [2.75, 3.05) is 26.2 Å². The Bertz CT molecular complexity index is 229. The average Bonchev–Trinajstić information content (AvgIpc) is 2.69. The van der Waals surface area contributed by atoms with Crippen LogP contribution in [0.4, 0.5) is 0 Å². The third kappa shape index (κ3) is 6.58. The van der Waals surface area contributed by atoms with E-state index in [1.807, 2.05) is 0 Å². The number of hydrogen-bond donors (Lipinski definition) is 1. The lowest BCUT2D eigenvalue weighted by Gasteiger charge is -2.33. The second-order valence-electron chi connectivity index (χ2n) is 6.82. The molecule has 0 aromatic rings. The second-order valence-corrected chi connectivity index (χ2v) is 6.82. The molecule has 1 rings (SSSR count). The van der Waals surface area contributed by atoms with Crippen LogP contribution < -0.4 is 5.32 Å². The lowest BCUT2D eigenvalue weighted by Crippen LogP contribution is -2.43. The number of hydrogen-bond acceptors (Lipinski definition) is 2. The van der Waals surface area contributed by atoms with Crippen LogP contribution in [-0.4, -0.2) is 37.1 Å². The first-order valence-electron chi connectivity index (χ1n) is 9.16. The predicted octanol–water partition coefficient (Wildman–Crippen LogP) is 4.30. The molecule has 3 atom stereocenters. The van der Waals surface area contributed by atoms with Crippen LogP contribution in [0, 0.1) is 11.8 Å². The molecule has 1 aliphatic rings. The zero-order valence-electron chi connectivity index (χ0n) is 14.5. The first kappa shape index (κ1) is 18.0. The van der Waals surface area contributed by atoms with Crippen LogP contribution in [0.3, 0.4) is 0 Å². The van der Waals surface area contributed by atoms with E-state index in [2.05, 4.69) is 37.9 Å². The van der Waals surface area contributed by atoms with Gasteiger partial charge in [-0.05, 0) is 44.2 Å². The topological polar surface area (TPSA) is 15.3 Å². The summed E-state index contributed by atoms with van der Waals surface area (Å²) in [6.07, 6.45) is 9.69. The smallest absolute Gasteiger partial charge is 0.0107 e. The van der Waals surface area contributed by atoms with Crippen molar-refractivity contribution in [1.29, 1.82) is 0 Å². The first-order valence-corrected chi connectivity index (χ1v) is 9.16. The molecule has 1 N–H and O–H groups in total. The lowest BCUT2D eigenvalue weighted by atomic mass is 9.93. The minimum absolute atomic E-state index is 0.767. The molecule has 0 heterocycles. The Kier molecular flexibility index (Phi) is 9.54. The molecule has 120 valence electrons. The molecule has 0 spiro atoms. The maximum Gasteiger partial charge on any atom is 0.0107 e. The third-order valence-electron chi connectivity index (χ3n) is 5.02. The summed E-state index contributed by atoms with van der Waals surface area (Å²) in [5.74, 6) is 1.70. The van der Waals surface area contributed by atoms with Gasteiger partial charge in [0.05, 0.1) is 0 Å². The fourth-order valence-electron chi connectivity index (χ4n) is 3.44.